The monoisotopic (exact) mass is 257 g/mol. The molecule has 0 atom stereocenters. The highest BCUT2D eigenvalue weighted by Gasteiger charge is 2.16. The molecule has 0 aliphatic carbocycles. The molecule has 0 aromatic carbocycles. The lowest BCUT2D eigenvalue weighted by Gasteiger charge is -2.23. The molecule has 0 spiro atoms. The minimum atomic E-state index is 0.268. The standard InChI is InChI=1S/C10H12BrNO2/c11-10-9(2-1-5-12-10)14-8-3-6-13-7-4-8/h1-2,5,8H,3-4,6-7H2. The molecule has 1 aromatic heterocycles. The number of hydrogen-bond acceptors (Lipinski definition) is 3. The van der Waals surface area contributed by atoms with Crippen LogP contribution >= 0.6 is 15.9 Å². The molecule has 4 heteroatoms. The van der Waals surface area contributed by atoms with Crippen molar-refractivity contribution in [2.75, 3.05) is 13.2 Å². The van der Waals surface area contributed by atoms with Gasteiger partial charge < -0.3 is 9.47 Å². The normalized spacial score (nSPS) is 18.1. The van der Waals surface area contributed by atoms with Crippen molar-refractivity contribution in [3.63, 3.8) is 0 Å². The van der Waals surface area contributed by atoms with Gasteiger partial charge in [0.2, 0.25) is 0 Å². The van der Waals surface area contributed by atoms with Gasteiger partial charge in [-0.1, -0.05) is 0 Å². The second-order valence-corrected chi connectivity index (χ2v) is 3.97. The molecule has 2 rings (SSSR count). The van der Waals surface area contributed by atoms with Crippen molar-refractivity contribution >= 4 is 15.9 Å². The molecule has 1 aliphatic rings. The third-order valence-electron chi connectivity index (χ3n) is 2.19. The average molecular weight is 258 g/mol. The van der Waals surface area contributed by atoms with Gasteiger partial charge in [0.05, 0.1) is 13.2 Å². The molecule has 2 heterocycles. The lowest BCUT2D eigenvalue weighted by atomic mass is 10.1. The van der Waals surface area contributed by atoms with Crippen molar-refractivity contribution in [1.82, 2.24) is 4.98 Å². The van der Waals surface area contributed by atoms with Crippen molar-refractivity contribution in [1.29, 1.82) is 0 Å². The van der Waals surface area contributed by atoms with Crippen LogP contribution in [0.3, 0.4) is 0 Å². The summed E-state index contributed by atoms with van der Waals surface area (Å²) in [4.78, 5) is 4.11. The molecule has 0 N–H and O–H groups in total. The van der Waals surface area contributed by atoms with Crippen LogP contribution in [0.5, 0.6) is 5.75 Å². The first-order chi connectivity index (χ1) is 6.86. The number of halogens is 1. The van der Waals surface area contributed by atoms with Crippen LogP contribution in [0.2, 0.25) is 0 Å². The zero-order valence-electron chi connectivity index (χ0n) is 7.78. The van der Waals surface area contributed by atoms with Crippen LogP contribution < -0.4 is 4.74 Å². The Morgan fingerprint density at radius 3 is 2.93 bits per heavy atom. The summed E-state index contributed by atoms with van der Waals surface area (Å²) in [5, 5.41) is 0. The summed E-state index contributed by atoms with van der Waals surface area (Å²) in [6, 6.07) is 3.80. The molecule has 0 amide bonds. The van der Waals surface area contributed by atoms with Gasteiger partial charge in [0.25, 0.3) is 0 Å². The zero-order valence-corrected chi connectivity index (χ0v) is 9.37. The van der Waals surface area contributed by atoms with Crippen LogP contribution in [-0.4, -0.2) is 24.3 Å². The Bertz CT molecular complexity index is 300. The second kappa shape index (κ2) is 4.75. The zero-order chi connectivity index (χ0) is 9.80. The molecule has 3 nitrogen and oxygen atoms in total. The molecular weight excluding hydrogens is 246 g/mol. The number of pyridine rings is 1. The van der Waals surface area contributed by atoms with Crippen LogP contribution in [0.4, 0.5) is 0 Å². The molecule has 0 unspecified atom stereocenters. The van der Waals surface area contributed by atoms with Gasteiger partial charge in [-0.05, 0) is 28.1 Å². The quantitative estimate of drug-likeness (QED) is 0.763. The van der Waals surface area contributed by atoms with Gasteiger partial charge in [-0.15, -0.1) is 0 Å². The van der Waals surface area contributed by atoms with Crippen LogP contribution in [-0.2, 0) is 4.74 Å². The van der Waals surface area contributed by atoms with E-state index in [1.54, 1.807) is 6.20 Å². The number of hydrogen-bond donors (Lipinski definition) is 0. The maximum Gasteiger partial charge on any atom is 0.152 e. The van der Waals surface area contributed by atoms with Gasteiger partial charge in [-0.25, -0.2) is 4.98 Å². The fourth-order valence-electron chi connectivity index (χ4n) is 1.43. The summed E-state index contributed by atoms with van der Waals surface area (Å²) >= 11 is 3.36. The molecule has 1 fully saturated rings. The lowest BCUT2D eigenvalue weighted by Crippen LogP contribution is -2.26. The van der Waals surface area contributed by atoms with Gasteiger partial charge in [0.15, 0.2) is 5.75 Å². The summed E-state index contributed by atoms with van der Waals surface area (Å²) in [7, 11) is 0. The van der Waals surface area contributed by atoms with E-state index in [-0.39, 0.29) is 6.10 Å². The first-order valence-corrected chi connectivity index (χ1v) is 5.50. The van der Waals surface area contributed by atoms with E-state index in [1.165, 1.54) is 0 Å². The molecule has 0 radical (unpaired) electrons. The van der Waals surface area contributed by atoms with Gasteiger partial charge in [-0.2, -0.15) is 0 Å². The van der Waals surface area contributed by atoms with Crippen molar-refractivity contribution < 1.29 is 9.47 Å². The molecule has 76 valence electrons. The average Bonchev–Trinajstić information content (AvgIpc) is 2.23. The van der Waals surface area contributed by atoms with E-state index in [9.17, 15) is 0 Å². The SMILES string of the molecule is Brc1ncccc1OC1CCOCC1. The Kier molecular flexibility index (Phi) is 3.37. The molecular formula is C10H12BrNO2. The van der Waals surface area contributed by atoms with Crippen molar-refractivity contribution in [2.45, 2.75) is 18.9 Å². The number of nitrogens with zero attached hydrogens (tertiary/aromatic N) is 1. The van der Waals surface area contributed by atoms with Gasteiger partial charge in [0.1, 0.15) is 10.7 Å². The topological polar surface area (TPSA) is 31.4 Å². The Morgan fingerprint density at radius 1 is 1.43 bits per heavy atom. The van der Waals surface area contributed by atoms with Crippen LogP contribution in [0.1, 0.15) is 12.8 Å². The third-order valence-corrected chi connectivity index (χ3v) is 2.78. The first-order valence-electron chi connectivity index (χ1n) is 4.71. The Morgan fingerprint density at radius 2 is 2.21 bits per heavy atom. The van der Waals surface area contributed by atoms with E-state index in [0.717, 1.165) is 36.4 Å². The number of ether oxygens (including phenoxy) is 2. The number of rotatable bonds is 2. The summed E-state index contributed by atoms with van der Waals surface area (Å²) in [5.74, 6) is 0.819. The Labute approximate surface area is 91.6 Å². The smallest absolute Gasteiger partial charge is 0.152 e. The summed E-state index contributed by atoms with van der Waals surface area (Å²) in [5.41, 5.74) is 0. The van der Waals surface area contributed by atoms with Gasteiger partial charge >= 0.3 is 0 Å². The molecule has 14 heavy (non-hydrogen) atoms. The lowest BCUT2D eigenvalue weighted by molar-refractivity contribution is 0.0251. The molecule has 1 aromatic rings. The minimum Gasteiger partial charge on any atom is -0.487 e. The van der Waals surface area contributed by atoms with E-state index in [2.05, 4.69) is 20.9 Å². The largest absolute Gasteiger partial charge is 0.487 e. The first kappa shape index (κ1) is 9.93. The highest BCUT2D eigenvalue weighted by Crippen LogP contribution is 2.24. The summed E-state index contributed by atoms with van der Waals surface area (Å²) in [6.45, 7) is 1.59. The third kappa shape index (κ3) is 2.45. The highest BCUT2D eigenvalue weighted by molar-refractivity contribution is 9.10. The number of aromatic nitrogens is 1. The van der Waals surface area contributed by atoms with Gasteiger partial charge in [-0.3, -0.25) is 0 Å². The molecule has 0 saturated carbocycles. The fraction of sp³-hybridized carbons (Fsp3) is 0.500. The Hall–Kier alpha value is -0.610. The van der Waals surface area contributed by atoms with E-state index >= 15 is 0 Å². The second-order valence-electron chi connectivity index (χ2n) is 3.22. The predicted molar refractivity (Wildman–Crippen MR) is 56.4 cm³/mol. The minimum absolute atomic E-state index is 0.268. The van der Waals surface area contributed by atoms with Crippen molar-refractivity contribution in [3.05, 3.63) is 22.9 Å². The van der Waals surface area contributed by atoms with E-state index in [4.69, 9.17) is 9.47 Å². The van der Waals surface area contributed by atoms with Crippen molar-refractivity contribution in [3.8, 4) is 5.75 Å². The fourth-order valence-corrected chi connectivity index (χ4v) is 1.78. The van der Waals surface area contributed by atoms with Crippen LogP contribution in [0.25, 0.3) is 0 Å². The summed E-state index contributed by atoms with van der Waals surface area (Å²) < 4.78 is 11.8. The Balaban J connectivity index is 1.99. The molecule has 1 saturated heterocycles. The van der Waals surface area contributed by atoms with Gasteiger partial charge in [0, 0.05) is 19.0 Å². The maximum absolute atomic E-state index is 5.80. The predicted octanol–water partition coefficient (Wildman–Crippen LogP) is 2.40. The van der Waals surface area contributed by atoms with E-state index in [0.29, 0.717) is 0 Å². The van der Waals surface area contributed by atoms with E-state index < -0.39 is 0 Å². The maximum atomic E-state index is 5.80. The van der Waals surface area contributed by atoms with Crippen molar-refractivity contribution in [2.24, 2.45) is 0 Å². The van der Waals surface area contributed by atoms with Crippen LogP contribution in [0.15, 0.2) is 22.9 Å². The molecule has 1 aliphatic heterocycles. The van der Waals surface area contributed by atoms with Crippen LogP contribution in [0, 0.1) is 0 Å². The summed E-state index contributed by atoms with van der Waals surface area (Å²) in [6.07, 6.45) is 3.92. The molecule has 0 bridgehead atoms. The van der Waals surface area contributed by atoms with E-state index in [1.807, 2.05) is 12.1 Å². The highest BCUT2D eigenvalue weighted by atomic mass is 79.9.